The number of nitrogens with one attached hydrogen (secondary N) is 1. The first-order valence-corrected chi connectivity index (χ1v) is 9.87. The fourth-order valence-corrected chi connectivity index (χ4v) is 5.87. The predicted molar refractivity (Wildman–Crippen MR) is 93.7 cm³/mol. The Morgan fingerprint density at radius 1 is 1.21 bits per heavy atom. The van der Waals surface area contributed by atoms with Gasteiger partial charge in [-0.25, -0.2) is 8.42 Å². The molecule has 2 aliphatic heterocycles. The number of amides is 1. The Kier molecular flexibility index (Phi) is 3.62. The van der Waals surface area contributed by atoms with Crippen LogP contribution in [0.15, 0.2) is 35.2 Å². The van der Waals surface area contributed by atoms with Crippen LogP contribution in [-0.2, 0) is 10.0 Å². The predicted octanol–water partition coefficient (Wildman–Crippen LogP) is 3.36. The smallest absolute Gasteiger partial charge is 0.256 e. The van der Waals surface area contributed by atoms with Crippen LogP contribution < -0.4 is 5.32 Å². The zero-order chi connectivity index (χ0) is 16.9. The number of piperidine rings is 1. The minimum Gasteiger partial charge on any atom is -0.321 e. The molecule has 4 rings (SSSR count). The summed E-state index contributed by atoms with van der Waals surface area (Å²) in [7, 11) is -3.58. The molecule has 1 fully saturated rings. The topological polar surface area (TPSA) is 66.5 Å². The van der Waals surface area contributed by atoms with Crippen molar-refractivity contribution < 1.29 is 13.2 Å². The van der Waals surface area contributed by atoms with E-state index in [0.717, 1.165) is 25.7 Å². The van der Waals surface area contributed by atoms with E-state index >= 15 is 0 Å². The SMILES string of the molecule is CC[C@H]1CCCCN1S(=O)(=O)c1ccc2c3c(cccc13)C(=O)N2. The molecule has 0 bridgehead atoms. The van der Waals surface area contributed by atoms with Gasteiger partial charge in [-0.05, 0) is 37.5 Å². The number of hydrogen-bond acceptors (Lipinski definition) is 3. The number of benzene rings is 2. The molecule has 1 saturated heterocycles. The van der Waals surface area contributed by atoms with Gasteiger partial charge >= 0.3 is 0 Å². The number of carbonyl (C=O) groups excluding carboxylic acids is 1. The van der Waals surface area contributed by atoms with E-state index in [0.29, 0.717) is 33.5 Å². The molecule has 2 aromatic carbocycles. The molecule has 0 spiro atoms. The molecule has 2 aliphatic rings. The highest BCUT2D eigenvalue weighted by molar-refractivity contribution is 7.89. The number of sulfonamides is 1. The molecule has 0 radical (unpaired) electrons. The first-order chi connectivity index (χ1) is 11.5. The van der Waals surface area contributed by atoms with Gasteiger partial charge in [0.25, 0.3) is 5.91 Å². The minimum atomic E-state index is -3.58. The Labute approximate surface area is 141 Å². The fourth-order valence-electron chi connectivity index (χ4n) is 3.91. The summed E-state index contributed by atoms with van der Waals surface area (Å²) < 4.78 is 28.3. The van der Waals surface area contributed by atoms with Gasteiger partial charge in [0.2, 0.25) is 10.0 Å². The maximum absolute atomic E-state index is 13.3. The number of nitrogens with zero attached hydrogens (tertiary/aromatic N) is 1. The highest BCUT2D eigenvalue weighted by Gasteiger charge is 2.34. The van der Waals surface area contributed by atoms with Gasteiger partial charge in [-0.3, -0.25) is 4.79 Å². The van der Waals surface area contributed by atoms with Gasteiger partial charge in [0.1, 0.15) is 0 Å². The number of rotatable bonds is 3. The van der Waals surface area contributed by atoms with E-state index in [-0.39, 0.29) is 11.9 Å². The molecule has 1 amide bonds. The van der Waals surface area contributed by atoms with Crippen molar-refractivity contribution >= 4 is 32.4 Å². The van der Waals surface area contributed by atoms with Crippen molar-refractivity contribution in [3.05, 3.63) is 35.9 Å². The fraction of sp³-hybridized carbons (Fsp3) is 0.389. The molecule has 0 aromatic heterocycles. The van der Waals surface area contributed by atoms with Crippen LogP contribution in [0.25, 0.3) is 10.8 Å². The maximum atomic E-state index is 13.3. The Morgan fingerprint density at radius 2 is 2.04 bits per heavy atom. The molecule has 0 aliphatic carbocycles. The first kappa shape index (κ1) is 15.6. The first-order valence-electron chi connectivity index (χ1n) is 8.43. The van der Waals surface area contributed by atoms with Crippen LogP contribution in [-0.4, -0.2) is 31.2 Å². The van der Waals surface area contributed by atoms with Crippen LogP contribution in [0.1, 0.15) is 43.0 Å². The molecule has 6 heteroatoms. The van der Waals surface area contributed by atoms with Crippen LogP contribution in [0, 0.1) is 0 Å². The summed E-state index contributed by atoms with van der Waals surface area (Å²) in [6.45, 7) is 2.61. The van der Waals surface area contributed by atoms with Crippen molar-refractivity contribution in [2.45, 2.75) is 43.5 Å². The number of anilines is 1. The molecule has 0 unspecified atom stereocenters. The highest BCUT2D eigenvalue weighted by Crippen LogP contribution is 2.38. The molecule has 1 N–H and O–H groups in total. The molecule has 24 heavy (non-hydrogen) atoms. The minimum absolute atomic E-state index is 0.0616. The van der Waals surface area contributed by atoms with Crippen molar-refractivity contribution in [3.8, 4) is 0 Å². The van der Waals surface area contributed by atoms with E-state index in [4.69, 9.17) is 0 Å². The zero-order valence-electron chi connectivity index (χ0n) is 13.6. The maximum Gasteiger partial charge on any atom is 0.256 e. The van der Waals surface area contributed by atoms with Gasteiger partial charge in [-0.1, -0.05) is 25.5 Å². The van der Waals surface area contributed by atoms with Crippen molar-refractivity contribution in [2.75, 3.05) is 11.9 Å². The molecule has 2 aromatic rings. The van der Waals surface area contributed by atoms with Gasteiger partial charge in [-0.2, -0.15) is 4.31 Å². The van der Waals surface area contributed by atoms with Crippen LogP contribution in [0.5, 0.6) is 0 Å². The third-order valence-corrected chi connectivity index (χ3v) is 7.13. The van der Waals surface area contributed by atoms with Crippen molar-refractivity contribution in [3.63, 3.8) is 0 Å². The highest BCUT2D eigenvalue weighted by atomic mass is 32.2. The second-order valence-corrected chi connectivity index (χ2v) is 8.33. The summed E-state index contributed by atoms with van der Waals surface area (Å²) in [5.41, 5.74) is 1.24. The van der Waals surface area contributed by atoms with Gasteiger partial charge in [0.05, 0.1) is 4.90 Å². The van der Waals surface area contributed by atoms with E-state index < -0.39 is 10.0 Å². The molecular formula is C18H20N2O3S. The molecule has 126 valence electrons. The number of carbonyl (C=O) groups is 1. The summed E-state index contributed by atoms with van der Waals surface area (Å²) in [6.07, 6.45) is 3.71. The lowest BCUT2D eigenvalue weighted by Crippen LogP contribution is -2.43. The van der Waals surface area contributed by atoms with Crippen LogP contribution in [0.3, 0.4) is 0 Å². The summed E-state index contributed by atoms with van der Waals surface area (Å²) in [6, 6.07) is 8.67. The summed E-state index contributed by atoms with van der Waals surface area (Å²) >= 11 is 0. The van der Waals surface area contributed by atoms with Crippen molar-refractivity contribution in [2.24, 2.45) is 0 Å². The van der Waals surface area contributed by atoms with Crippen LogP contribution in [0.4, 0.5) is 5.69 Å². The summed E-state index contributed by atoms with van der Waals surface area (Å²) in [5.74, 6) is -0.172. The quantitative estimate of drug-likeness (QED) is 0.928. The van der Waals surface area contributed by atoms with E-state index in [2.05, 4.69) is 5.32 Å². The lowest BCUT2D eigenvalue weighted by Gasteiger charge is -2.34. The molecule has 0 saturated carbocycles. The largest absolute Gasteiger partial charge is 0.321 e. The molecule has 2 heterocycles. The van der Waals surface area contributed by atoms with E-state index in [9.17, 15) is 13.2 Å². The molecule has 1 atom stereocenters. The van der Waals surface area contributed by atoms with Gasteiger partial charge in [0.15, 0.2) is 0 Å². The van der Waals surface area contributed by atoms with Gasteiger partial charge < -0.3 is 5.32 Å². The lowest BCUT2D eigenvalue weighted by atomic mass is 10.0. The zero-order valence-corrected chi connectivity index (χ0v) is 14.4. The van der Waals surface area contributed by atoms with Crippen molar-refractivity contribution in [1.82, 2.24) is 4.31 Å². The van der Waals surface area contributed by atoms with Gasteiger partial charge in [0, 0.05) is 34.6 Å². The Morgan fingerprint density at radius 3 is 2.83 bits per heavy atom. The monoisotopic (exact) mass is 344 g/mol. The van der Waals surface area contributed by atoms with Crippen LogP contribution in [0.2, 0.25) is 0 Å². The summed E-state index contributed by atoms with van der Waals surface area (Å²) in [5, 5.41) is 4.15. The second-order valence-electron chi connectivity index (χ2n) is 6.47. The Hall–Kier alpha value is -1.92. The Balaban J connectivity index is 1.91. The van der Waals surface area contributed by atoms with Crippen molar-refractivity contribution in [1.29, 1.82) is 0 Å². The van der Waals surface area contributed by atoms with Crippen LogP contribution >= 0.6 is 0 Å². The van der Waals surface area contributed by atoms with E-state index in [1.807, 2.05) is 6.92 Å². The lowest BCUT2D eigenvalue weighted by molar-refractivity contribution is 0.103. The van der Waals surface area contributed by atoms with E-state index in [1.54, 1.807) is 34.6 Å². The average molecular weight is 344 g/mol. The Bertz CT molecular complexity index is 937. The number of hydrogen-bond donors (Lipinski definition) is 1. The normalized spacial score (nSPS) is 21.2. The average Bonchev–Trinajstić information content (AvgIpc) is 2.93. The molecular weight excluding hydrogens is 324 g/mol. The molecule has 5 nitrogen and oxygen atoms in total. The summed E-state index contributed by atoms with van der Waals surface area (Å²) in [4.78, 5) is 12.3. The van der Waals surface area contributed by atoms with E-state index in [1.165, 1.54) is 0 Å². The van der Waals surface area contributed by atoms with Gasteiger partial charge in [-0.15, -0.1) is 0 Å². The third kappa shape index (κ3) is 2.17. The third-order valence-electron chi connectivity index (χ3n) is 5.12. The second kappa shape index (κ2) is 5.57. The standard InChI is InChI=1S/C18H20N2O3S/c1-2-12-6-3-4-11-20(12)24(22,23)16-10-9-15-17-13(16)7-5-8-14(17)18(21)19-15/h5,7-10,12H,2-4,6,11H2,1H3,(H,19,21)/t12-/m0/s1.